The van der Waals surface area contributed by atoms with Crippen molar-refractivity contribution in [2.45, 2.75) is 38.2 Å². The van der Waals surface area contributed by atoms with Gasteiger partial charge < -0.3 is 5.11 Å². The highest BCUT2D eigenvalue weighted by atomic mass is 16.6. The lowest BCUT2D eigenvalue weighted by molar-refractivity contribution is -0.384. The molecule has 1 saturated carbocycles. The van der Waals surface area contributed by atoms with Gasteiger partial charge in [0, 0.05) is 12.1 Å². The fourth-order valence-corrected chi connectivity index (χ4v) is 2.48. The summed E-state index contributed by atoms with van der Waals surface area (Å²) >= 11 is 0. The normalized spacial score (nSPS) is 24.5. The van der Waals surface area contributed by atoms with Crippen molar-refractivity contribution in [3.8, 4) is 0 Å². The van der Waals surface area contributed by atoms with E-state index in [9.17, 15) is 15.2 Å². The summed E-state index contributed by atoms with van der Waals surface area (Å²) < 4.78 is 0. The highest BCUT2D eigenvalue weighted by molar-refractivity contribution is 5.33. The summed E-state index contributed by atoms with van der Waals surface area (Å²) in [5.74, 6) is 0.310. The van der Waals surface area contributed by atoms with Gasteiger partial charge >= 0.3 is 0 Å². The first-order valence-corrected chi connectivity index (χ1v) is 6.08. The van der Waals surface area contributed by atoms with Gasteiger partial charge in [-0.2, -0.15) is 0 Å². The number of nitro benzene ring substituents is 1. The summed E-state index contributed by atoms with van der Waals surface area (Å²) in [7, 11) is 0. The maximum absolute atomic E-state index is 10.5. The minimum Gasteiger partial charge on any atom is -0.393 e. The van der Waals surface area contributed by atoms with Crippen molar-refractivity contribution in [2.75, 3.05) is 0 Å². The average Bonchev–Trinajstić information content (AvgIpc) is 2.33. The molecule has 2 atom stereocenters. The Morgan fingerprint density at radius 1 is 1.24 bits per heavy atom. The molecule has 92 valence electrons. The van der Waals surface area contributed by atoms with Crippen LogP contribution in [0.3, 0.4) is 0 Å². The van der Waals surface area contributed by atoms with Crippen molar-refractivity contribution in [3.63, 3.8) is 0 Å². The Balaban J connectivity index is 2.00. The molecule has 0 bridgehead atoms. The maximum atomic E-state index is 10.5. The lowest BCUT2D eigenvalue weighted by Crippen LogP contribution is -2.26. The van der Waals surface area contributed by atoms with E-state index in [1.165, 1.54) is 18.6 Å². The number of aliphatic hydroxyl groups excluding tert-OH is 1. The van der Waals surface area contributed by atoms with Gasteiger partial charge in [-0.1, -0.05) is 25.0 Å². The zero-order valence-corrected chi connectivity index (χ0v) is 9.71. The monoisotopic (exact) mass is 235 g/mol. The molecule has 4 nitrogen and oxygen atoms in total. The molecule has 2 rings (SSSR count). The fraction of sp³-hybridized carbons (Fsp3) is 0.538. The van der Waals surface area contributed by atoms with E-state index in [4.69, 9.17) is 0 Å². The van der Waals surface area contributed by atoms with Gasteiger partial charge in [0.1, 0.15) is 0 Å². The molecule has 0 unspecified atom stereocenters. The van der Waals surface area contributed by atoms with Crippen LogP contribution >= 0.6 is 0 Å². The molecular weight excluding hydrogens is 218 g/mol. The van der Waals surface area contributed by atoms with E-state index in [1.54, 1.807) is 12.1 Å². The van der Waals surface area contributed by atoms with Gasteiger partial charge in [-0.05, 0) is 30.7 Å². The van der Waals surface area contributed by atoms with Crippen LogP contribution in [-0.2, 0) is 6.42 Å². The Morgan fingerprint density at radius 3 is 2.47 bits per heavy atom. The predicted molar refractivity (Wildman–Crippen MR) is 64.8 cm³/mol. The standard InChI is InChI=1S/C13H17NO3/c15-13-4-2-1-3-11(13)9-10-5-7-12(8-6-10)14(16)17/h5-8,11,13,15H,1-4,9H2/t11-,13-/m1/s1. The van der Waals surface area contributed by atoms with Crippen LogP contribution in [0.4, 0.5) is 5.69 Å². The zero-order valence-electron chi connectivity index (χ0n) is 9.71. The molecule has 1 aliphatic rings. The van der Waals surface area contributed by atoms with Gasteiger partial charge in [-0.25, -0.2) is 0 Å². The molecule has 1 aromatic rings. The van der Waals surface area contributed by atoms with E-state index in [2.05, 4.69) is 0 Å². The summed E-state index contributed by atoms with van der Waals surface area (Å²) in [4.78, 5) is 10.1. The smallest absolute Gasteiger partial charge is 0.269 e. The number of hydrogen-bond acceptors (Lipinski definition) is 3. The second-order valence-electron chi connectivity index (χ2n) is 4.74. The molecule has 0 spiro atoms. The molecule has 0 saturated heterocycles. The van der Waals surface area contributed by atoms with E-state index >= 15 is 0 Å². The summed E-state index contributed by atoms with van der Waals surface area (Å²) in [5.41, 5.74) is 1.19. The second kappa shape index (κ2) is 5.27. The second-order valence-corrected chi connectivity index (χ2v) is 4.74. The Labute approximate surface area is 100 Å². The van der Waals surface area contributed by atoms with Crippen LogP contribution in [0.15, 0.2) is 24.3 Å². The number of hydrogen-bond donors (Lipinski definition) is 1. The molecule has 0 heterocycles. The Kier molecular flexibility index (Phi) is 3.74. The van der Waals surface area contributed by atoms with Gasteiger partial charge in [0.2, 0.25) is 0 Å². The number of benzene rings is 1. The van der Waals surface area contributed by atoms with Crippen LogP contribution in [0.1, 0.15) is 31.2 Å². The van der Waals surface area contributed by atoms with E-state index < -0.39 is 0 Å². The number of nitrogens with zero attached hydrogens (tertiary/aromatic N) is 1. The Hall–Kier alpha value is -1.42. The lowest BCUT2D eigenvalue weighted by atomic mass is 9.82. The van der Waals surface area contributed by atoms with Crippen LogP contribution < -0.4 is 0 Å². The fourth-order valence-electron chi connectivity index (χ4n) is 2.48. The topological polar surface area (TPSA) is 63.4 Å². The summed E-state index contributed by atoms with van der Waals surface area (Å²) in [6.45, 7) is 0. The Morgan fingerprint density at radius 2 is 1.88 bits per heavy atom. The molecule has 0 amide bonds. The van der Waals surface area contributed by atoms with E-state index in [1.807, 2.05) is 0 Å². The average molecular weight is 235 g/mol. The van der Waals surface area contributed by atoms with Gasteiger partial charge in [0.15, 0.2) is 0 Å². The highest BCUT2D eigenvalue weighted by Gasteiger charge is 2.23. The highest BCUT2D eigenvalue weighted by Crippen LogP contribution is 2.27. The number of aliphatic hydroxyl groups is 1. The third kappa shape index (κ3) is 3.03. The van der Waals surface area contributed by atoms with Crippen molar-refractivity contribution < 1.29 is 10.0 Å². The molecule has 1 aromatic carbocycles. The van der Waals surface area contributed by atoms with Crippen molar-refractivity contribution in [2.24, 2.45) is 5.92 Å². The summed E-state index contributed by atoms with van der Waals surface area (Å²) in [6.07, 6.45) is 4.83. The van der Waals surface area contributed by atoms with Crippen LogP contribution in [-0.4, -0.2) is 16.1 Å². The molecule has 1 aliphatic carbocycles. The molecule has 0 aliphatic heterocycles. The molecule has 1 fully saturated rings. The lowest BCUT2D eigenvalue weighted by Gasteiger charge is -2.27. The minimum atomic E-state index is -0.390. The summed E-state index contributed by atoms with van der Waals surface area (Å²) in [5, 5.41) is 20.4. The first kappa shape index (κ1) is 12.0. The minimum absolute atomic E-state index is 0.123. The molecule has 1 N–H and O–H groups in total. The predicted octanol–water partition coefficient (Wildman–Crippen LogP) is 2.69. The van der Waals surface area contributed by atoms with Crippen LogP contribution in [0.2, 0.25) is 0 Å². The maximum Gasteiger partial charge on any atom is 0.269 e. The molecule has 17 heavy (non-hydrogen) atoms. The number of rotatable bonds is 3. The van der Waals surface area contributed by atoms with Crippen LogP contribution in [0.5, 0.6) is 0 Å². The molecule has 0 radical (unpaired) electrons. The molecular formula is C13H17NO3. The van der Waals surface area contributed by atoms with Crippen LogP contribution in [0, 0.1) is 16.0 Å². The van der Waals surface area contributed by atoms with E-state index in [0.29, 0.717) is 5.92 Å². The van der Waals surface area contributed by atoms with Crippen molar-refractivity contribution >= 4 is 5.69 Å². The zero-order chi connectivity index (χ0) is 12.3. The van der Waals surface area contributed by atoms with Crippen molar-refractivity contribution in [1.29, 1.82) is 0 Å². The first-order valence-electron chi connectivity index (χ1n) is 6.08. The summed E-state index contributed by atoms with van der Waals surface area (Å²) in [6, 6.07) is 6.65. The van der Waals surface area contributed by atoms with E-state index in [-0.39, 0.29) is 16.7 Å². The van der Waals surface area contributed by atoms with Gasteiger partial charge in [0.05, 0.1) is 11.0 Å². The first-order chi connectivity index (χ1) is 8.16. The Bertz CT molecular complexity index is 388. The third-order valence-electron chi connectivity index (χ3n) is 3.51. The third-order valence-corrected chi connectivity index (χ3v) is 3.51. The van der Waals surface area contributed by atoms with E-state index in [0.717, 1.165) is 31.2 Å². The molecule has 4 heteroatoms. The molecule has 0 aromatic heterocycles. The number of non-ortho nitro benzene ring substituents is 1. The van der Waals surface area contributed by atoms with Crippen LogP contribution in [0.25, 0.3) is 0 Å². The van der Waals surface area contributed by atoms with Crippen molar-refractivity contribution in [3.05, 3.63) is 39.9 Å². The van der Waals surface area contributed by atoms with Crippen molar-refractivity contribution in [1.82, 2.24) is 0 Å². The van der Waals surface area contributed by atoms with Gasteiger partial charge in [0.25, 0.3) is 5.69 Å². The quantitative estimate of drug-likeness (QED) is 0.647. The van der Waals surface area contributed by atoms with Gasteiger partial charge in [-0.15, -0.1) is 0 Å². The largest absolute Gasteiger partial charge is 0.393 e. The SMILES string of the molecule is O=[N+]([O-])c1ccc(C[C@H]2CCCC[C@H]2O)cc1. The number of nitro groups is 1. The van der Waals surface area contributed by atoms with Gasteiger partial charge in [-0.3, -0.25) is 10.1 Å².